The maximum atomic E-state index is 13.6. The maximum Gasteiger partial charge on any atom is 0.407 e. The molecule has 0 bridgehead atoms. The Morgan fingerprint density at radius 1 is 0.945 bits per heavy atom. The second-order valence-electron chi connectivity index (χ2n) is 15.0. The SMILES string of the molecule is COCNC(C(=O)NCCCCc1nc2ccc(-c3cccc4cc(-c5cnc(C6CCCN6C(=O)C(NC(=O)OC)C(C)C)[nH]5)ccc34)cc2[nH]1)C(C)C. The minimum Gasteiger partial charge on any atom is -0.453 e. The number of methoxy groups -OCH3 is 2. The van der Waals surface area contributed by atoms with Crippen LogP contribution in [-0.4, -0.2) is 88.9 Å². The first kappa shape index (κ1) is 39.4. The fraction of sp³-hybridized carbons (Fsp3) is 0.452. The molecule has 0 spiro atoms. The van der Waals surface area contributed by atoms with Crippen LogP contribution < -0.4 is 16.0 Å². The van der Waals surface area contributed by atoms with Gasteiger partial charge in [0.25, 0.3) is 0 Å². The molecular weight excluding hydrogens is 697 g/mol. The first-order valence-electron chi connectivity index (χ1n) is 19.3. The molecule has 2 aromatic heterocycles. The molecule has 3 amide bonds. The third-order valence-electron chi connectivity index (χ3n) is 10.4. The predicted octanol–water partition coefficient (Wildman–Crippen LogP) is 6.47. The Balaban J connectivity index is 1.11. The molecule has 3 atom stereocenters. The number of carbonyl (C=O) groups excluding carboxylic acids is 3. The van der Waals surface area contributed by atoms with E-state index in [1.807, 2.05) is 38.8 Å². The molecule has 0 radical (unpaired) electrons. The average Bonchev–Trinajstić information content (AvgIpc) is 3.96. The molecule has 3 unspecified atom stereocenters. The van der Waals surface area contributed by atoms with Gasteiger partial charge in [0.15, 0.2) is 0 Å². The molecule has 1 aliphatic heterocycles. The highest BCUT2D eigenvalue weighted by Crippen LogP contribution is 2.35. The Morgan fingerprint density at radius 2 is 1.75 bits per heavy atom. The highest BCUT2D eigenvalue weighted by Gasteiger charge is 2.37. The molecule has 3 aromatic carbocycles. The van der Waals surface area contributed by atoms with Crippen molar-refractivity contribution >= 4 is 39.7 Å². The lowest BCUT2D eigenvalue weighted by Crippen LogP contribution is -2.51. The number of H-pyrrole nitrogens is 2. The summed E-state index contributed by atoms with van der Waals surface area (Å²) in [5.41, 5.74) is 6.02. The molecule has 0 saturated carbocycles. The summed E-state index contributed by atoms with van der Waals surface area (Å²) < 4.78 is 9.85. The van der Waals surface area contributed by atoms with Gasteiger partial charge in [-0.1, -0.05) is 64.1 Å². The van der Waals surface area contributed by atoms with Gasteiger partial charge in [0, 0.05) is 32.2 Å². The van der Waals surface area contributed by atoms with Gasteiger partial charge in [-0.3, -0.25) is 14.9 Å². The number of carbonyl (C=O) groups is 3. The first-order valence-corrected chi connectivity index (χ1v) is 19.3. The minimum atomic E-state index is -0.682. The molecule has 55 heavy (non-hydrogen) atoms. The smallest absolute Gasteiger partial charge is 0.407 e. The first-order chi connectivity index (χ1) is 26.6. The fourth-order valence-corrected chi connectivity index (χ4v) is 7.44. The van der Waals surface area contributed by atoms with Gasteiger partial charge < -0.3 is 35.0 Å². The maximum absolute atomic E-state index is 13.6. The fourth-order valence-electron chi connectivity index (χ4n) is 7.44. The van der Waals surface area contributed by atoms with Crippen molar-refractivity contribution in [2.75, 3.05) is 34.0 Å². The Bertz CT molecular complexity index is 2110. The van der Waals surface area contributed by atoms with Gasteiger partial charge in [0.05, 0.1) is 48.8 Å². The zero-order chi connectivity index (χ0) is 39.1. The lowest BCUT2D eigenvalue weighted by molar-refractivity contribution is -0.135. The molecule has 5 N–H and O–H groups in total. The van der Waals surface area contributed by atoms with Crippen LogP contribution in [0.25, 0.3) is 44.2 Å². The van der Waals surface area contributed by atoms with E-state index in [9.17, 15) is 14.4 Å². The van der Waals surface area contributed by atoms with Crippen LogP contribution in [-0.2, 0) is 25.5 Å². The van der Waals surface area contributed by atoms with E-state index in [1.54, 1.807) is 7.11 Å². The van der Waals surface area contributed by atoms with Crippen LogP contribution in [0.2, 0.25) is 0 Å². The van der Waals surface area contributed by atoms with Gasteiger partial charge in [-0.15, -0.1) is 0 Å². The number of hydrogen-bond acceptors (Lipinski definition) is 8. The van der Waals surface area contributed by atoms with Crippen LogP contribution in [0, 0.1) is 11.8 Å². The number of aromatic nitrogens is 4. The van der Waals surface area contributed by atoms with Crippen LogP contribution in [0.3, 0.4) is 0 Å². The van der Waals surface area contributed by atoms with Gasteiger partial charge >= 0.3 is 6.09 Å². The molecular formula is C42H54N8O5. The standard InChI is InChI=1S/C42H54N8O5/c1-25(2)37(45-24-54-5)40(51)43-19-8-7-14-36-46-32-18-16-28(22-33(32)47-36)30-12-9-11-27-21-29(15-17-31(27)30)34-23-44-39(48-34)35-13-10-20-50(35)41(52)38(26(3)4)49-42(53)55-6/h9,11-12,15-18,21-23,25-26,35,37-38,45H,7-8,10,13-14,19-20,24H2,1-6H3,(H,43,51)(H,44,48)(H,46,47)(H,49,53). The minimum absolute atomic E-state index is 0.00252. The van der Waals surface area contributed by atoms with Crippen LogP contribution in [0.5, 0.6) is 0 Å². The van der Waals surface area contributed by atoms with E-state index in [0.29, 0.717) is 19.8 Å². The molecule has 13 nitrogen and oxygen atoms in total. The number of nitrogens with zero attached hydrogens (tertiary/aromatic N) is 3. The van der Waals surface area contributed by atoms with E-state index in [2.05, 4.69) is 80.5 Å². The summed E-state index contributed by atoms with van der Waals surface area (Å²) >= 11 is 0. The number of ether oxygens (including phenoxy) is 2. The Labute approximate surface area is 322 Å². The quantitative estimate of drug-likeness (QED) is 0.0565. The zero-order valence-electron chi connectivity index (χ0n) is 32.7. The summed E-state index contributed by atoms with van der Waals surface area (Å²) in [6.45, 7) is 9.41. The van der Waals surface area contributed by atoms with Gasteiger partial charge in [0.2, 0.25) is 11.8 Å². The third kappa shape index (κ3) is 9.17. The molecule has 6 rings (SSSR count). The molecule has 1 fully saturated rings. The molecule has 5 aromatic rings. The normalized spacial score (nSPS) is 15.6. The molecule has 292 valence electrons. The molecule has 3 heterocycles. The number of nitrogens with one attached hydrogen (secondary N) is 5. The summed E-state index contributed by atoms with van der Waals surface area (Å²) in [6, 6.07) is 17.9. The molecule has 13 heteroatoms. The van der Waals surface area contributed by atoms with Crippen LogP contribution in [0.1, 0.15) is 71.1 Å². The van der Waals surface area contributed by atoms with E-state index in [0.717, 1.165) is 87.9 Å². The second kappa shape index (κ2) is 17.9. The number of unbranched alkanes of at least 4 members (excludes halogenated alkanes) is 1. The van der Waals surface area contributed by atoms with Crippen molar-refractivity contribution in [3.63, 3.8) is 0 Å². The van der Waals surface area contributed by atoms with Crippen molar-refractivity contribution in [3.8, 4) is 22.4 Å². The molecule has 0 aliphatic carbocycles. The summed E-state index contributed by atoms with van der Waals surface area (Å²) in [6.07, 6.45) is 5.41. The topological polar surface area (TPSA) is 166 Å². The summed E-state index contributed by atoms with van der Waals surface area (Å²) in [5, 5.41) is 11.1. The number of hydrogen-bond donors (Lipinski definition) is 5. The van der Waals surface area contributed by atoms with Crippen molar-refractivity contribution in [3.05, 3.63) is 72.4 Å². The van der Waals surface area contributed by atoms with E-state index < -0.39 is 12.1 Å². The van der Waals surface area contributed by atoms with Crippen LogP contribution >= 0.6 is 0 Å². The third-order valence-corrected chi connectivity index (χ3v) is 10.4. The van der Waals surface area contributed by atoms with Crippen LogP contribution in [0.15, 0.2) is 60.8 Å². The number of aromatic amines is 2. The number of imidazole rings is 2. The Hall–Kier alpha value is -5.27. The number of amides is 3. The van der Waals surface area contributed by atoms with E-state index in [4.69, 9.17) is 19.4 Å². The predicted molar refractivity (Wildman–Crippen MR) is 214 cm³/mol. The van der Waals surface area contributed by atoms with E-state index in [-0.39, 0.29) is 35.7 Å². The number of rotatable bonds is 16. The van der Waals surface area contributed by atoms with Gasteiger partial charge in [-0.25, -0.2) is 14.8 Å². The lowest BCUT2D eigenvalue weighted by atomic mass is 9.96. The van der Waals surface area contributed by atoms with E-state index in [1.165, 1.54) is 7.11 Å². The van der Waals surface area contributed by atoms with Crippen molar-refractivity contribution in [1.82, 2.24) is 40.8 Å². The lowest BCUT2D eigenvalue weighted by Gasteiger charge is -2.30. The number of benzene rings is 3. The average molecular weight is 751 g/mol. The van der Waals surface area contributed by atoms with Crippen molar-refractivity contribution in [2.45, 2.75) is 77.9 Å². The second-order valence-corrected chi connectivity index (χ2v) is 15.0. The summed E-state index contributed by atoms with van der Waals surface area (Å²) in [5.74, 6) is 1.60. The number of alkyl carbamates (subject to hydrolysis) is 1. The van der Waals surface area contributed by atoms with Crippen molar-refractivity contribution in [2.24, 2.45) is 11.8 Å². The highest BCUT2D eigenvalue weighted by molar-refractivity contribution is 6.00. The Morgan fingerprint density at radius 3 is 2.51 bits per heavy atom. The number of fused-ring (bicyclic) bond motifs is 2. The molecule has 1 aliphatic rings. The number of aryl methyl sites for hydroxylation is 1. The van der Waals surface area contributed by atoms with Gasteiger partial charge in [-0.05, 0) is 77.6 Å². The van der Waals surface area contributed by atoms with Crippen molar-refractivity contribution < 1.29 is 23.9 Å². The van der Waals surface area contributed by atoms with Crippen LogP contribution in [0.4, 0.5) is 4.79 Å². The van der Waals surface area contributed by atoms with Gasteiger partial charge in [0.1, 0.15) is 17.7 Å². The van der Waals surface area contributed by atoms with Crippen molar-refractivity contribution in [1.29, 1.82) is 0 Å². The molecule has 1 saturated heterocycles. The monoisotopic (exact) mass is 750 g/mol. The highest BCUT2D eigenvalue weighted by atomic mass is 16.5. The largest absolute Gasteiger partial charge is 0.453 e. The zero-order valence-corrected chi connectivity index (χ0v) is 32.7. The van der Waals surface area contributed by atoms with E-state index >= 15 is 0 Å². The van der Waals surface area contributed by atoms with Gasteiger partial charge in [-0.2, -0.15) is 0 Å². The summed E-state index contributed by atoms with van der Waals surface area (Å²) in [4.78, 5) is 56.6. The summed E-state index contributed by atoms with van der Waals surface area (Å²) in [7, 11) is 2.90. The Kier molecular flexibility index (Phi) is 12.8. The number of likely N-dealkylation sites (tertiary alicyclic amines) is 1.